The second kappa shape index (κ2) is 7.73. The van der Waals surface area contributed by atoms with E-state index in [1.807, 2.05) is 13.0 Å². The molecule has 6 nitrogen and oxygen atoms in total. The summed E-state index contributed by atoms with van der Waals surface area (Å²) in [6.07, 6.45) is 2.29. The second-order valence-electron chi connectivity index (χ2n) is 6.74. The Morgan fingerprint density at radius 1 is 1.32 bits per heavy atom. The SMILES string of the molecule is CCc1ccc(S(=O)(=O)N2CCCC(c3nc(-c4cccc(F)c4)no3)C2)s1. The lowest BCUT2D eigenvalue weighted by Gasteiger charge is -2.29. The van der Waals surface area contributed by atoms with Crippen LogP contribution in [0.4, 0.5) is 4.39 Å². The summed E-state index contributed by atoms with van der Waals surface area (Å²) in [6, 6.07) is 9.52. The van der Waals surface area contributed by atoms with Crippen LogP contribution in [0.25, 0.3) is 11.4 Å². The molecule has 1 saturated heterocycles. The molecule has 2 aromatic heterocycles. The third-order valence-electron chi connectivity index (χ3n) is 4.84. The number of sulfonamides is 1. The van der Waals surface area contributed by atoms with Gasteiger partial charge in [-0.2, -0.15) is 9.29 Å². The number of benzene rings is 1. The molecule has 148 valence electrons. The molecule has 1 aromatic carbocycles. The number of aryl methyl sites for hydroxylation is 1. The van der Waals surface area contributed by atoms with E-state index in [1.165, 1.54) is 27.8 Å². The summed E-state index contributed by atoms with van der Waals surface area (Å²) in [5.74, 6) is 0.144. The number of thiophene rings is 1. The van der Waals surface area contributed by atoms with E-state index in [-0.39, 0.29) is 11.7 Å². The molecule has 1 aliphatic heterocycles. The van der Waals surface area contributed by atoms with Crippen molar-refractivity contribution in [2.75, 3.05) is 13.1 Å². The molecule has 1 unspecified atom stereocenters. The normalized spacial score (nSPS) is 18.4. The average Bonchev–Trinajstić information content (AvgIpc) is 3.38. The maximum absolute atomic E-state index is 13.4. The maximum atomic E-state index is 13.4. The monoisotopic (exact) mass is 421 g/mol. The molecule has 0 amide bonds. The minimum atomic E-state index is -3.53. The summed E-state index contributed by atoms with van der Waals surface area (Å²) in [4.78, 5) is 5.43. The van der Waals surface area contributed by atoms with Crippen molar-refractivity contribution in [3.05, 3.63) is 53.0 Å². The Kier molecular flexibility index (Phi) is 5.31. The van der Waals surface area contributed by atoms with Gasteiger partial charge < -0.3 is 4.52 Å². The molecule has 4 rings (SSSR count). The Hall–Kier alpha value is -2.10. The molecule has 0 saturated carbocycles. The van der Waals surface area contributed by atoms with Crippen molar-refractivity contribution >= 4 is 21.4 Å². The van der Waals surface area contributed by atoms with Crippen LogP contribution >= 0.6 is 11.3 Å². The van der Waals surface area contributed by atoms with E-state index in [4.69, 9.17) is 4.52 Å². The van der Waals surface area contributed by atoms with Crippen LogP contribution in [0.1, 0.15) is 36.5 Å². The lowest BCUT2D eigenvalue weighted by molar-refractivity contribution is 0.266. The first-order chi connectivity index (χ1) is 13.5. The Morgan fingerprint density at radius 2 is 2.18 bits per heavy atom. The highest BCUT2D eigenvalue weighted by molar-refractivity contribution is 7.91. The zero-order valence-electron chi connectivity index (χ0n) is 15.3. The number of aromatic nitrogens is 2. The van der Waals surface area contributed by atoms with Crippen LogP contribution in [-0.4, -0.2) is 36.0 Å². The molecule has 1 aliphatic rings. The summed E-state index contributed by atoms with van der Waals surface area (Å²) in [7, 11) is -3.53. The fourth-order valence-corrected chi connectivity index (χ4v) is 6.30. The van der Waals surface area contributed by atoms with Gasteiger partial charge in [-0.1, -0.05) is 24.2 Å². The fraction of sp³-hybridized carbons (Fsp3) is 0.368. The van der Waals surface area contributed by atoms with E-state index < -0.39 is 10.0 Å². The summed E-state index contributed by atoms with van der Waals surface area (Å²) in [6.45, 7) is 2.78. The molecule has 1 atom stereocenters. The largest absolute Gasteiger partial charge is 0.339 e. The van der Waals surface area contributed by atoms with Gasteiger partial charge >= 0.3 is 0 Å². The lowest BCUT2D eigenvalue weighted by Crippen LogP contribution is -2.38. The summed E-state index contributed by atoms with van der Waals surface area (Å²) in [5, 5.41) is 3.94. The molecule has 0 radical (unpaired) electrons. The van der Waals surface area contributed by atoms with Crippen molar-refractivity contribution in [3.8, 4) is 11.4 Å². The predicted octanol–water partition coefficient (Wildman–Crippen LogP) is 4.07. The van der Waals surface area contributed by atoms with Gasteiger partial charge in [0.05, 0.1) is 5.92 Å². The standard InChI is InChI=1S/C19H20FN3O3S2/c1-2-16-8-9-17(27-16)28(24,25)23-10-4-6-14(12-23)19-21-18(22-26-19)13-5-3-7-15(20)11-13/h3,5,7-9,11,14H,2,4,6,10,12H2,1H3. The smallest absolute Gasteiger partial charge is 0.252 e. The zero-order chi connectivity index (χ0) is 19.7. The molecule has 0 bridgehead atoms. The number of nitrogens with zero attached hydrogens (tertiary/aromatic N) is 3. The van der Waals surface area contributed by atoms with Gasteiger partial charge in [0.1, 0.15) is 10.0 Å². The van der Waals surface area contributed by atoms with Gasteiger partial charge in [-0.3, -0.25) is 0 Å². The van der Waals surface area contributed by atoms with Crippen molar-refractivity contribution in [2.45, 2.75) is 36.3 Å². The molecule has 0 spiro atoms. The van der Waals surface area contributed by atoms with Gasteiger partial charge in [0.2, 0.25) is 11.7 Å². The quantitative estimate of drug-likeness (QED) is 0.621. The zero-order valence-corrected chi connectivity index (χ0v) is 17.0. The van der Waals surface area contributed by atoms with Gasteiger partial charge in [-0.15, -0.1) is 11.3 Å². The summed E-state index contributed by atoms with van der Waals surface area (Å²) < 4.78 is 46.7. The maximum Gasteiger partial charge on any atom is 0.252 e. The highest BCUT2D eigenvalue weighted by Gasteiger charge is 2.34. The first-order valence-electron chi connectivity index (χ1n) is 9.16. The summed E-state index contributed by atoms with van der Waals surface area (Å²) >= 11 is 1.32. The molecule has 3 aromatic rings. The number of hydrogen-bond donors (Lipinski definition) is 0. The van der Waals surface area contributed by atoms with Gasteiger partial charge in [0, 0.05) is 23.5 Å². The molecule has 28 heavy (non-hydrogen) atoms. The second-order valence-corrected chi connectivity index (χ2v) is 10.1. The Labute approximate surface area is 167 Å². The van der Waals surface area contributed by atoms with Crippen LogP contribution in [0.5, 0.6) is 0 Å². The topological polar surface area (TPSA) is 76.3 Å². The van der Waals surface area contributed by atoms with Crippen molar-refractivity contribution < 1.29 is 17.3 Å². The van der Waals surface area contributed by atoms with Crippen LogP contribution in [0.3, 0.4) is 0 Å². The summed E-state index contributed by atoms with van der Waals surface area (Å²) in [5.41, 5.74) is 0.529. The molecule has 3 heterocycles. The minimum absolute atomic E-state index is 0.177. The molecular formula is C19H20FN3O3S2. The van der Waals surface area contributed by atoms with E-state index >= 15 is 0 Å². The Balaban J connectivity index is 1.54. The molecule has 1 fully saturated rings. The van der Waals surface area contributed by atoms with Crippen molar-refractivity contribution in [1.82, 2.24) is 14.4 Å². The molecular weight excluding hydrogens is 401 g/mol. The van der Waals surface area contributed by atoms with Crippen LogP contribution < -0.4 is 0 Å². The van der Waals surface area contributed by atoms with Crippen molar-refractivity contribution in [1.29, 1.82) is 0 Å². The first-order valence-corrected chi connectivity index (χ1v) is 11.4. The third kappa shape index (κ3) is 3.74. The van der Waals surface area contributed by atoms with Crippen molar-refractivity contribution in [2.24, 2.45) is 0 Å². The number of hydrogen-bond acceptors (Lipinski definition) is 6. The number of piperidine rings is 1. The van der Waals surface area contributed by atoms with Crippen LogP contribution in [-0.2, 0) is 16.4 Å². The van der Waals surface area contributed by atoms with Crippen molar-refractivity contribution in [3.63, 3.8) is 0 Å². The van der Waals surface area contributed by atoms with Gasteiger partial charge in [-0.05, 0) is 43.5 Å². The van der Waals surface area contributed by atoms with Gasteiger partial charge in [0.25, 0.3) is 10.0 Å². The molecule has 9 heteroatoms. The molecule has 0 aliphatic carbocycles. The Bertz CT molecular complexity index is 1080. The average molecular weight is 422 g/mol. The van der Waals surface area contributed by atoms with E-state index in [9.17, 15) is 12.8 Å². The Morgan fingerprint density at radius 3 is 2.93 bits per heavy atom. The van der Waals surface area contributed by atoms with E-state index in [2.05, 4.69) is 10.1 Å². The first kappa shape index (κ1) is 19.2. The van der Waals surface area contributed by atoms with Crippen LogP contribution in [0, 0.1) is 5.82 Å². The highest BCUT2D eigenvalue weighted by Crippen LogP contribution is 2.32. The van der Waals surface area contributed by atoms with E-state index in [0.29, 0.717) is 41.0 Å². The number of halogens is 1. The van der Waals surface area contributed by atoms with E-state index in [0.717, 1.165) is 17.7 Å². The third-order valence-corrected chi connectivity index (χ3v) is 8.40. The minimum Gasteiger partial charge on any atom is -0.339 e. The van der Waals surface area contributed by atoms with Gasteiger partial charge in [-0.25, -0.2) is 12.8 Å². The van der Waals surface area contributed by atoms with Crippen LogP contribution in [0.15, 0.2) is 45.1 Å². The number of rotatable bonds is 5. The van der Waals surface area contributed by atoms with Crippen LogP contribution in [0.2, 0.25) is 0 Å². The van der Waals surface area contributed by atoms with Gasteiger partial charge in [0.15, 0.2) is 0 Å². The van der Waals surface area contributed by atoms with E-state index in [1.54, 1.807) is 18.2 Å². The molecule has 0 N–H and O–H groups in total. The predicted molar refractivity (Wildman–Crippen MR) is 104 cm³/mol. The highest BCUT2D eigenvalue weighted by atomic mass is 32.2. The fourth-order valence-electron chi connectivity index (χ4n) is 3.32. The lowest BCUT2D eigenvalue weighted by atomic mass is 10.00.